The lowest BCUT2D eigenvalue weighted by Crippen LogP contribution is -2.12. The molecule has 0 atom stereocenters. The second kappa shape index (κ2) is 5.17. The number of aromatic nitrogens is 1. The second-order valence-corrected chi connectivity index (χ2v) is 3.61. The molecule has 0 unspecified atom stereocenters. The lowest BCUT2D eigenvalue weighted by atomic mass is 10.1. The number of amides is 1. The van der Waals surface area contributed by atoms with E-state index < -0.39 is 10.8 Å². The minimum atomic E-state index is -0.520. The largest absolute Gasteiger partial charge is 0.383 e. The van der Waals surface area contributed by atoms with Crippen LogP contribution < -0.4 is 10.6 Å². The van der Waals surface area contributed by atoms with Gasteiger partial charge in [0.25, 0.3) is 11.6 Å². The van der Waals surface area contributed by atoms with Crippen molar-refractivity contribution in [2.45, 2.75) is 0 Å². The van der Waals surface area contributed by atoms with Crippen molar-refractivity contribution >= 4 is 23.0 Å². The summed E-state index contributed by atoms with van der Waals surface area (Å²) >= 11 is 0. The zero-order valence-electron chi connectivity index (χ0n) is 9.91. The number of carbonyl (C=O) groups excluding carboxylic acids is 1. The van der Waals surface area contributed by atoms with Crippen molar-refractivity contribution in [2.24, 2.45) is 0 Å². The molecular weight excluding hydrogens is 252 g/mol. The van der Waals surface area contributed by atoms with Gasteiger partial charge in [-0.3, -0.25) is 14.9 Å². The van der Waals surface area contributed by atoms with Crippen LogP contribution in [-0.2, 0) is 0 Å². The minimum absolute atomic E-state index is 0.0935. The maximum atomic E-state index is 11.9. The van der Waals surface area contributed by atoms with Crippen molar-refractivity contribution in [3.8, 4) is 0 Å². The number of nitrogens with zero attached hydrogens (tertiary/aromatic N) is 2. The Balaban J connectivity index is 2.25. The highest BCUT2D eigenvalue weighted by Gasteiger charge is 2.16. The highest BCUT2D eigenvalue weighted by molar-refractivity contribution is 6.05. The Labute approximate surface area is 107 Å². The molecule has 0 saturated carbocycles. The van der Waals surface area contributed by atoms with Crippen LogP contribution in [0, 0.1) is 10.1 Å². The van der Waals surface area contributed by atoms with Crippen LogP contribution in [-0.4, -0.2) is 23.0 Å². The fraction of sp³-hybridized carbons (Fsp3) is 0.0909. The summed E-state index contributed by atoms with van der Waals surface area (Å²) in [6, 6.07) is 4.05. The van der Waals surface area contributed by atoms with Crippen molar-refractivity contribution in [2.75, 3.05) is 17.7 Å². The molecule has 1 heterocycles. The van der Waals surface area contributed by atoms with E-state index in [-0.39, 0.29) is 16.9 Å². The first-order valence-electron chi connectivity index (χ1n) is 5.28. The molecule has 2 aromatic rings. The summed E-state index contributed by atoms with van der Waals surface area (Å²) in [5.74, 6) is -0.408. The van der Waals surface area contributed by atoms with Crippen molar-refractivity contribution in [3.05, 3.63) is 46.3 Å². The van der Waals surface area contributed by atoms with Crippen molar-refractivity contribution in [3.63, 3.8) is 0 Å². The molecule has 0 radical (unpaired) electrons. The van der Waals surface area contributed by atoms with E-state index in [4.69, 9.17) is 0 Å². The predicted octanol–water partition coefficient (Wildman–Crippen LogP) is 1.88. The van der Waals surface area contributed by atoms with Gasteiger partial charge in [-0.2, -0.15) is 0 Å². The number of nitrogens with one attached hydrogen (secondary N) is 2. The van der Waals surface area contributed by atoms with E-state index in [9.17, 15) is 14.9 Å². The van der Waals surface area contributed by atoms with E-state index >= 15 is 0 Å². The van der Waals surface area contributed by atoms with Gasteiger partial charge in [0.05, 0.1) is 11.1 Å². The second-order valence-electron chi connectivity index (χ2n) is 3.61. The predicted molar refractivity (Wildman–Crippen MR) is 67.1 cm³/mol. The number of carbonyl (C=O) groups is 1. The third-order valence-electron chi connectivity index (χ3n) is 2.41. The van der Waals surface area contributed by atoms with E-state index in [1.54, 1.807) is 7.05 Å². The van der Waals surface area contributed by atoms with Gasteiger partial charge >= 0.3 is 0 Å². The third kappa shape index (κ3) is 2.68. The maximum Gasteiger partial charge on any atom is 0.292 e. The van der Waals surface area contributed by atoms with E-state index in [1.807, 2.05) is 0 Å². The molecule has 2 rings (SSSR count). The average Bonchev–Trinajstić information content (AvgIpc) is 2.90. The molecule has 0 bridgehead atoms. The highest BCUT2D eigenvalue weighted by atomic mass is 16.6. The molecule has 0 fully saturated rings. The van der Waals surface area contributed by atoms with Crippen LogP contribution in [0.25, 0.3) is 0 Å². The van der Waals surface area contributed by atoms with Crippen LogP contribution in [0.2, 0.25) is 0 Å². The van der Waals surface area contributed by atoms with E-state index in [0.29, 0.717) is 5.69 Å². The lowest BCUT2D eigenvalue weighted by molar-refractivity contribution is -0.383. The van der Waals surface area contributed by atoms with Crippen LogP contribution in [0.4, 0.5) is 17.1 Å². The van der Waals surface area contributed by atoms with Crippen LogP contribution in [0.5, 0.6) is 0 Å². The Morgan fingerprint density at radius 3 is 2.84 bits per heavy atom. The van der Waals surface area contributed by atoms with Gasteiger partial charge in [0.1, 0.15) is 17.6 Å². The minimum Gasteiger partial charge on any atom is -0.383 e. The third-order valence-corrected chi connectivity index (χ3v) is 2.41. The molecule has 1 aromatic carbocycles. The molecule has 19 heavy (non-hydrogen) atoms. The summed E-state index contributed by atoms with van der Waals surface area (Å²) in [5.41, 5.74) is 0.873. The van der Waals surface area contributed by atoms with Crippen LogP contribution in [0.15, 0.2) is 35.2 Å². The van der Waals surface area contributed by atoms with Crippen LogP contribution in [0.3, 0.4) is 0 Å². The number of benzene rings is 1. The topological polar surface area (TPSA) is 110 Å². The van der Waals surface area contributed by atoms with E-state index in [1.165, 1.54) is 30.7 Å². The van der Waals surface area contributed by atoms with E-state index in [2.05, 4.69) is 20.3 Å². The molecular formula is C11H10N4O4. The van der Waals surface area contributed by atoms with Crippen molar-refractivity contribution in [1.29, 1.82) is 0 Å². The first-order chi connectivity index (χ1) is 9.11. The number of hydrogen-bond acceptors (Lipinski definition) is 6. The smallest absolute Gasteiger partial charge is 0.292 e. The Kier molecular flexibility index (Phi) is 3.42. The van der Waals surface area contributed by atoms with Gasteiger partial charge in [0, 0.05) is 18.7 Å². The monoisotopic (exact) mass is 262 g/mol. The molecule has 98 valence electrons. The number of rotatable bonds is 4. The quantitative estimate of drug-likeness (QED) is 0.642. The average molecular weight is 262 g/mol. The molecule has 0 spiro atoms. The number of hydrogen-bond donors (Lipinski definition) is 2. The van der Waals surface area contributed by atoms with Gasteiger partial charge in [-0.15, -0.1) is 0 Å². The van der Waals surface area contributed by atoms with Gasteiger partial charge in [-0.05, 0) is 12.1 Å². The molecule has 2 N–H and O–H groups in total. The highest BCUT2D eigenvalue weighted by Crippen LogP contribution is 2.25. The SMILES string of the molecule is CNc1cc(C(=O)Nc2cnoc2)ccc1[N+](=O)[O-]. The van der Waals surface area contributed by atoms with Crippen LogP contribution in [0.1, 0.15) is 10.4 Å². The Bertz CT molecular complexity index is 609. The van der Waals surface area contributed by atoms with E-state index in [0.717, 1.165) is 0 Å². The Morgan fingerprint density at radius 2 is 2.26 bits per heavy atom. The van der Waals surface area contributed by atoms with Gasteiger partial charge in [0.2, 0.25) is 0 Å². The molecule has 1 amide bonds. The summed E-state index contributed by atoms with van der Waals surface area (Å²) < 4.78 is 4.58. The Hall–Kier alpha value is -2.90. The lowest BCUT2D eigenvalue weighted by Gasteiger charge is -2.05. The molecule has 1 aromatic heterocycles. The zero-order chi connectivity index (χ0) is 13.8. The number of nitro groups is 1. The van der Waals surface area contributed by atoms with Crippen molar-refractivity contribution in [1.82, 2.24) is 5.16 Å². The molecule has 8 heteroatoms. The molecule has 0 aliphatic carbocycles. The fourth-order valence-corrected chi connectivity index (χ4v) is 1.51. The standard InChI is InChI=1S/C11H10N4O4/c1-12-9-4-7(2-3-10(9)15(17)18)11(16)14-8-5-13-19-6-8/h2-6,12H,1H3,(H,14,16). The summed E-state index contributed by atoms with van der Waals surface area (Å²) in [5, 5.41) is 19.4. The summed E-state index contributed by atoms with van der Waals surface area (Å²) in [6.45, 7) is 0. The maximum absolute atomic E-state index is 11.9. The van der Waals surface area contributed by atoms with Gasteiger partial charge in [-0.25, -0.2) is 0 Å². The van der Waals surface area contributed by atoms with Crippen LogP contribution >= 0.6 is 0 Å². The first-order valence-corrected chi connectivity index (χ1v) is 5.28. The Morgan fingerprint density at radius 1 is 1.47 bits per heavy atom. The normalized spacial score (nSPS) is 9.95. The molecule has 0 aliphatic heterocycles. The van der Waals surface area contributed by atoms with Gasteiger partial charge in [-0.1, -0.05) is 5.16 Å². The zero-order valence-corrected chi connectivity index (χ0v) is 9.91. The summed E-state index contributed by atoms with van der Waals surface area (Å²) in [7, 11) is 1.55. The number of nitro benzene ring substituents is 1. The van der Waals surface area contributed by atoms with Gasteiger partial charge < -0.3 is 15.2 Å². The van der Waals surface area contributed by atoms with Gasteiger partial charge in [0.15, 0.2) is 0 Å². The first kappa shape index (κ1) is 12.6. The molecule has 8 nitrogen and oxygen atoms in total. The summed E-state index contributed by atoms with van der Waals surface area (Å²) in [4.78, 5) is 22.1. The molecule has 0 saturated heterocycles. The number of anilines is 2. The van der Waals surface area contributed by atoms with Crippen molar-refractivity contribution < 1.29 is 14.2 Å². The fourth-order valence-electron chi connectivity index (χ4n) is 1.51. The molecule has 0 aliphatic rings. The summed E-state index contributed by atoms with van der Waals surface area (Å²) in [6.07, 6.45) is 2.63.